The lowest BCUT2D eigenvalue weighted by atomic mass is 10.1. The predicted octanol–water partition coefficient (Wildman–Crippen LogP) is 3.84. The van der Waals surface area contributed by atoms with Crippen LogP contribution in [-0.4, -0.2) is 58.2 Å². The Labute approximate surface area is 198 Å². The Kier molecular flexibility index (Phi) is 8.37. The maximum absolute atomic E-state index is 12.7. The largest absolute Gasteiger partial charge is 0.493 e. The van der Waals surface area contributed by atoms with Crippen molar-refractivity contribution in [2.45, 2.75) is 44.6 Å². The Morgan fingerprint density at radius 3 is 2.61 bits per heavy atom. The minimum Gasteiger partial charge on any atom is -0.493 e. The minimum atomic E-state index is -0.243. The van der Waals surface area contributed by atoms with Gasteiger partial charge in [-0.25, -0.2) is 14.6 Å². The smallest absolute Gasteiger partial charge is 0.255 e. The van der Waals surface area contributed by atoms with Gasteiger partial charge in [-0.05, 0) is 18.1 Å². The van der Waals surface area contributed by atoms with Gasteiger partial charge in [0.1, 0.15) is 5.82 Å². The van der Waals surface area contributed by atoms with E-state index < -0.39 is 0 Å². The number of amides is 1. The van der Waals surface area contributed by atoms with Crippen molar-refractivity contribution in [1.29, 1.82) is 0 Å². The molecule has 1 aromatic carbocycles. The molecule has 0 unspecified atom stereocenters. The fourth-order valence-corrected chi connectivity index (χ4v) is 3.94. The number of anilines is 1. The standard InChI is InChI=1S/C23H32N6O3S/c1-14(2)12-25-20-17-13-26-29(21(17)28-23(27-20)33-15(3)4)11-10-24-22(30)16-8-7-9-18(31-5)19(16)32-6/h7-9,13-15H,10-12H2,1-6H3,(H,24,30)(H,25,27,28). The van der Waals surface area contributed by atoms with Crippen LogP contribution >= 0.6 is 11.8 Å². The quantitative estimate of drug-likeness (QED) is 0.320. The van der Waals surface area contributed by atoms with Gasteiger partial charge >= 0.3 is 0 Å². The third-order valence-electron chi connectivity index (χ3n) is 4.75. The molecule has 1 amide bonds. The van der Waals surface area contributed by atoms with E-state index >= 15 is 0 Å². The fraction of sp³-hybridized carbons (Fsp3) is 0.478. The summed E-state index contributed by atoms with van der Waals surface area (Å²) in [5.74, 6) is 1.94. The molecule has 33 heavy (non-hydrogen) atoms. The molecule has 0 aliphatic carbocycles. The monoisotopic (exact) mass is 472 g/mol. The lowest BCUT2D eigenvalue weighted by Gasteiger charge is -2.13. The molecule has 0 atom stereocenters. The van der Waals surface area contributed by atoms with Crippen LogP contribution in [0.25, 0.3) is 11.0 Å². The highest BCUT2D eigenvalue weighted by Gasteiger charge is 2.17. The van der Waals surface area contributed by atoms with Crippen LogP contribution < -0.4 is 20.1 Å². The van der Waals surface area contributed by atoms with Crippen LogP contribution in [0.3, 0.4) is 0 Å². The SMILES string of the molecule is COc1cccc(C(=O)NCCn2ncc3c(NCC(C)C)nc(SC(C)C)nc32)c1OC. The van der Waals surface area contributed by atoms with Gasteiger partial charge in [-0.2, -0.15) is 5.10 Å². The minimum absolute atomic E-state index is 0.243. The van der Waals surface area contributed by atoms with E-state index in [0.717, 1.165) is 23.4 Å². The number of nitrogens with one attached hydrogen (secondary N) is 2. The van der Waals surface area contributed by atoms with E-state index in [1.54, 1.807) is 47.9 Å². The van der Waals surface area contributed by atoms with E-state index in [4.69, 9.17) is 19.4 Å². The molecule has 0 aliphatic rings. The number of nitrogens with zero attached hydrogens (tertiary/aromatic N) is 4. The second kappa shape index (κ2) is 11.2. The summed E-state index contributed by atoms with van der Waals surface area (Å²) in [7, 11) is 3.06. The predicted molar refractivity (Wildman–Crippen MR) is 132 cm³/mol. The van der Waals surface area contributed by atoms with Crippen LogP contribution in [0.5, 0.6) is 11.5 Å². The van der Waals surface area contributed by atoms with Crippen molar-refractivity contribution in [1.82, 2.24) is 25.1 Å². The summed E-state index contributed by atoms with van der Waals surface area (Å²) >= 11 is 1.61. The van der Waals surface area contributed by atoms with E-state index in [-0.39, 0.29) is 5.91 Å². The van der Waals surface area contributed by atoms with E-state index in [0.29, 0.717) is 46.5 Å². The summed E-state index contributed by atoms with van der Waals surface area (Å²) in [5, 5.41) is 12.8. The first-order valence-electron chi connectivity index (χ1n) is 11.0. The molecule has 178 valence electrons. The number of carbonyl (C=O) groups is 1. The highest BCUT2D eigenvalue weighted by atomic mass is 32.2. The summed E-state index contributed by atoms with van der Waals surface area (Å²) < 4.78 is 12.4. The molecule has 0 bridgehead atoms. The Morgan fingerprint density at radius 1 is 1.15 bits per heavy atom. The number of fused-ring (bicyclic) bond motifs is 1. The number of carbonyl (C=O) groups excluding carboxylic acids is 1. The maximum atomic E-state index is 12.7. The highest BCUT2D eigenvalue weighted by Crippen LogP contribution is 2.30. The topological polar surface area (TPSA) is 103 Å². The summed E-state index contributed by atoms with van der Waals surface area (Å²) in [6.07, 6.45) is 1.77. The van der Waals surface area contributed by atoms with Crippen LogP contribution in [0.2, 0.25) is 0 Å². The van der Waals surface area contributed by atoms with Gasteiger partial charge in [-0.1, -0.05) is 45.5 Å². The molecule has 0 saturated carbocycles. The lowest BCUT2D eigenvalue weighted by Crippen LogP contribution is -2.28. The van der Waals surface area contributed by atoms with Gasteiger partial charge in [0.15, 0.2) is 22.3 Å². The second-order valence-corrected chi connectivity index (χ2v) is 9.74. The van der Waals surface area contributed by atoms with Gasteiger partial charge < -0.3 is 20.1 Å². The molecule has 0 spiro atoms. The van der Waals surface area contributed by atoms with Crippen LogP contribution in [-0.2, 0) is 6.54 Å². The molecule has 2 heterocycles. The van der Waals surface area contributed by atoms with Crippen LogP contribution in [0, 0.1) is 5.92 Å². The normalized spacial score (nSPS) is 11.3. The van der Waals surface area contributed by atoms with Crippen LogP contribution in [0.15, 0.2) is 29.6 Å². The highest BCUT2D eigenvalue weighted by molar-refractivity contribution is 7.99. The number of thioether (sulfide) groups is 1. The fourth-order valence-electron chi connectivity index (χ4n) is 3.23. The first kappa shape index (κ1) is 24.6. The molecule has 0 aliphatic heterocycles. The van der Waals surface area contributed by atoms with E-state index in [9.17, 15) is 4.79 Å². The van der Waals surface area contributed by atoms with E-state index in [1.807, 2.05) is 0 Å². The van der Waals surface area contributed by atoms with Crippen molar-refractivity contribution >= 4 is 34.5 Å². The molecule has 0 fully saturated rings. The number of rotatable bonds is 11. The van der Waals surface area contributed by atoms with E-state index in [1.165, 1.54) is 7.11 Å². The first-order chi connectivity index (χ1) is 15.8. The molecule has 2 N–H and O–H groups in total. The molecule has 0 radical (unpaired) electrons. The zero-order valence-electron chi connectivity index (χ0n) is 20.0. The lowest BCUT2D eigenvalue weighted by molar-refractivity contribution is 0.0948. The van der Waals surface area contributed by atoms with Gasteiger partial charge in [0.05, 0.1) is 37.9 Å². The van der Waals surface area contributed by atoms with Crippen molar-refractivity contribution in [2.75, 3.05) is 32.6 Å². The number of hydrogen-bond acceptors (Lipinski definition) is 8. The average Bonchev–Trinajstić information content (AvgIpc) is 3.19. The van der Waals surface area contributed by atoms with Crippen molar-refractivity contribution in [3.05, 3.63) is 30.0 Å². The van der Waals surface area contributed by atoms with Crippen molar-refractivity contribution in [3.63, 3.8) is 0 Å². The third kappa shape index (κ3) is 6.07. The number of benzene rings is 1. The van der Waals surface area contributed by atoms with E-state index in [2.05, 4.69) is 43.4 Å². The molecule has 9 nitrogen and oxygen atoms in total. The average molecular weight is 473 g/mol. The molecule has 10 heteroatoms. The first-order valence-corrected chi connectivity index (χ1v) is 11.8. The molecule has 3 rings (SSSR count). The zero-order valence-corrected chi connectivity index (χ0v) is 20.8. The van der Waals surface area contributed by atoms with Gasteiger partial charge in [-0.15, -0.1) is 0 Å². The van der Waals surface area contributed by atoms with Crippen molar-refractivity contribution in [3.8, 4) is 11.5 Å². The summed E-state index contributed by atoms with van der Waals surface area (Å²) in [5.41, 5.74) is 1.16. The molecule has 3 aromatic rings. The number of ether oxygens (including phenoxy) is 2. The van der Waals surface area contributed by atoms with Gasteiger partial charge in [-0.3, -0.25) is 4.79 Å². The summed E-state index contributed by atoms with van der Waals surface area (Å²) in [6.45, 7) is 10.2. The number of aromatic nitrogens is 4. The van der Waals surface area contributed by atoms with Crippen LogP contribution in [0.1, 0.15) is 38.1 Å². The van der Waals surface area contributed by atoms with Crippen molar-refractivity contribution in [2.24, 2.45) is 5.92 Å². The Morgan fingerprint density at radius 2 is 1.94 bits per heavy atom. The third-order valence-corrected chi connectivity index (χ3v) is 5.62. The van der Waals surface area contributed by atoms with Gasteiger partial charge in [0.25, 0.3) is 5.91 Å². The second-order valence-electron chi connectivity index (χ2n) is 8.20. The number of methoxy groups -OCH3 is 2. The van der Waals surface area contributed by atoms with Crippen LogP contribution in [0.4, 0.5) is 5.82 Å². The maximum Gasteiger partial charge on any atom is 0.255 e. The summed E-state index contributed by atoms with van der Waals surface area (Å²) in [6, 6.07) is 5.21. The van der Waals surface area contributed by atoms with Gasteiger partial charge in [0.2, 0.25) is 0 Å². The molecular weight excluding hydrogens is 440 g/mol. The Balaban J connectivity index is 1.78. The summed E-state index contributed by atoms with van der Waals surface area (Å²) in [4.78, 5) is 22.2. The van der Waals surface area contributed by atoms with Crippen molar-refractivity contribution < 1.29 is 14.3 Å². The number of hydrogen-bond donors (Lipinski definition) is 2. The molecule has 0 saturated heterocycles. The Bertz CT molecular complexity index is 1100. The number of para-hydroxylation sites is 1. The molecular formula is C23H32N6O3S. The van der Waals surface area contributed by atoms with Gasteiger partial charge in [0, 0.05) is 18.3 Å². The zero-order chi connectivity index (χ0) is 24.0. The molecule has 2 aromatic heterocycles. The Hall–Kier alpha value is -3.01.